The largest absolute Gasteiger partial charge is 0.368 e. The molecule has 2 N–H and O–H groups in total. The number of aromatic nitrogens is 3. The van der Waals surface area contributed by atoms with Gasteiger partial charge >= 0.3 is 0 Å². The van der Waals surface area contributed by atoms with Crippen LogP contribution in [0.1, 0.15) is 0 Å². The summed E-state index contributed by atoms with van der Waals surface area (Å²) in [6.07, 6.45) is 1.74. The smallest absolute Gasteiger partial charge is 0.234 e. The Hall–Kier alpha value is -2.58. The predicted octanol–water partition coefficient (Wildman–Crippen LogP) is 1.60. The molecule has 0 bridgehead atoms. The van der Waals surface area contributed by atoms with Crippen molar-refractivity contribution in [1.82, 2.24) is 25.2 Å². The molecule has 8 heteroatoms. The first-order valence-electron chi connectivity index (χ1n) is 8.19. The Morgan fingerprint density at radius 1 is 1.28 bits per heavy atom. The molecule has 1 aliphatic rings. The van der Waals surface area contributed by atoms with Gasteiger partial charge in [0.2, 0.25) is 5.91 Å². The minimum atomic E-state index is 0.0888. The van der Waals surface area contributed by atoms with E-state index in [0.717, 1.165) is 41.4 Å². The quantitative estimate of drug-likeness (QED) is 0.724. The molecule has 128 valence electrons. The third-order valence-corrected chi connectivity index (χ3v) is 4.86. The summed E-state index contributed by atoms with van der Waals surface area (Å²) in [5, 5.41) is 9.27. The molecule has 1 aliphatic heterocycles. The van der Waals surface area contributed by atoms with Gasteiger partial charge in [0.25, 0.3) is 0 Å². The third kappa shape index (κ3) is 3.59. The number of rotatable bonds is 5. The van der Waals surface area contributed by atoms with Crippen LogP contribution in [0.5, 0.6) is 0 Å². The number of amides is 1. The summed E-state index contributed by atoms with van der Waals surface area (Å²) in [5.74, 6) is 1.52. The van der Waals surface area contributed by atoms with Crippen molar-refractivity contribution in [1.29, 1.82) is 0 Å². The molecule has 0 spiro atoms. The zero-order valence-electron chi connectivity index (χ0n) is 13.6. The van der Waals surface area contributed by atoms with E-state index in [1.54, 1.807) is 17.5 Å². The highest BCUT2D eigenvalue weighted by Crippen LogP contribution is 2.27. The van der Waals surface area contributed by atoms with Gasteiger partial charge in [-0.15, -0.1) is 11.3 Å². The fourth-order valence-corrected chi connectivity index (χ4v) is 3.58. The van der Waals surface area contributed by atoms with Crippen LogP contribution in [0.15, 0.2) is 35.8 Å². The lowest BCUT2D eigenvalue weighted by molar-refractivity contribution is -0.124. The summed E-state index contributed by atoms with van der Waals surface area (Å²) in [4.78, 5) is 28.1. The van der Waals surface area contributed by atoms with Gasteiger partial charge in [-0.1, -0.05) is 6.07 Å². The number of nitrogens with zero attached hydrogens (tertiary/aromatic N) is 4. The number of piperazine rings is 1. The van der Waals surface area contributed by atoms with Crippen LogP contribution in [0.2, 0.25) is 0 Å². The summed E-state index contributed by atoms with van der Waals surface area (Å²) in [7, 11) is 0. The molecule has 1 fully saturated rings. The minimum absolute atomic E-state index is 0.0888. The van der Waals surface area contributed by atoms with Crippen LogP contribution in [0, 0.1) is 0 Å². The summed E-state index contributed by atoms with van der Waals surface area (Å²) >= 11 is 1.59. The van der Waals surface area contributed by atoms with Gasteiger partial charge in [0.15, 0.2) is 5.82 Å². The molecule has 4 heterocycles. The number of hydrogen-bond donors (Lipinski definition) is 2. The highest BCUT2D eigenvalue weighted by Gasteiger charge is 2.16. The SMILES string of the molecule is O=C1CN(CCNc2nc(-c3ccccn3)nc3sccc23)CCN1. The molecular weight excluding hydrogens is 336 g/mol. The van der Waals surface area contributed by atoms with Crippen LogP contribution in [-0.2, 0) is 4.79 Å². The van der Waals surface area contributed by atoms with Gasteiger partial charge in [-0.05, 0) is 23.6 Å². The van der Waals surface area contributed by atoms with E-state index in [1.807, 2.05) is 29.6 Å². The van der Waals surface area contributed by atoms with E-state index in [2.05, 4.69) is 30.5 Å². The molecular formula is C17H18N6OS. The predicted molar refractivity (Wildman–Crippen MR) is 98.6 cm³/mol. The lowest BCUT2D eigenvalue weighted by atomic mass is 10.3. The normalized spacial score (nSPS) is 15.3. The number of pyridine rings is 1. The average molecular weight is 354 g/mol. The van der Waals surface area contributed by atoms with Gasteiger partial charge in [0, 0.05) is 32.4 Å². The fraction of sp³-hybridized carbons (Fsp3) is 0.294. The van der Waals surface area contributed by atoms with Gasteiger partial charge in [0.05, 0.1) is 11.9 Å². The number of carbonyl (C=O) groups excluding carboxylic acids is 1. The zero-order chi connectivity index (χ0) is 17.1. The minimum Gasteiger partial charge on any atom is -0.368 e. The first-order chi connectivity index (χ1) is 12.3. The topological polar surface area (TPSA) is 83.0 Å². The Morgan fingerprint density at radius 2 is 2.24 bits per heavy atom. The van der Waals surface area contributed by atoms with E-state index in [-0.39, 0.29) is 5.91 Å². The summed E-state index contributed by atoms with van der Waals surface area (Å²) in [5.41, 5.74) is 0.758. The maximum Gasteiger partial charge on any atom is 0.234 e. The van der Waals surface area contributed by atoms with E-state index >= 15 is 0 Å². The number of nitrogens with one attached hydrogen (secondary N) is 2. The van der Waals surface area contributed by atoms with Crippen LogP contribution in [-0.4, -0.2) is 58.5 Å². The van der Waals surface area contributed by atoms with Crippen molar-refractivity contribution in [3.63, 3.8) is 0 Å². The second-order valence-corrected chi connectivity index (χ2v) is 6.70. The Kier molecular flexibility index (Phi) is 4.53. The van der Waals surface area contributed by atoms with Crippen molar-refractivity contribution in [3.8, 4) is 11.5 Å². The molecule has 4 rings (SSSR count). The van der Waals surface area contributed by atoms with E-state index < -0.39 is 0 Å². The molecule has 0 aromatic carbocycles. The lowest BCUT2D eigenvalue weighted by Crippen LogP contribution is -2.48. The van der Waals surface area contributed by atoms with Crippen molar-refractivity contribution in [3.05, 3.63) is 35.8 Å². The van der Waals surface area contributed by atoms with Gasteiger partial charge in [-0.2, -0.15) is 0 Å². The summed E-state index contributed by atoms with van der Waals surface area (Å²) < 4.78 is 0. The molecule has 0 atom stereocenters. The molecule has 1 saturated heterocycles. The summed E-state index contributed by atoms with van der Waals surface area (Å²) in [6, 6.07) is 7.74. The van der Waals surface area contributed by atoms with Crippen LogP contribution >= 0.6 is 11.3 Å². The van der Waals surface area contributed by atoms with Crippen molar-refractivity contribution >= 4 is 33.3 Å². The Labute approximate surface area is 149 Å². The monoisotopic (exact) mass is 354 g/mol. The van der Waals surface area contributed by atoms with Crippen LogP contribution in [0.25, 0.3) is 21.7 Å². The first-order valence-corrected chi connectivity index (χ1v) is 9.07. The molecule has 0 aliphatic carbocycles. The van der Waals surface area contributed by atoms with Crippen molar-refractivity contribution < 1.29 is 4.79 Å². The Bertz CT molecular complexity index is 881. The first kappa shape index (κ1) is 15.9. The number of fused-ring (bicyclic) bond motifs is 1. The molecule has 0 unspecified atom stereocenters. The lowest BCUT2D eigenvalue weighted by Gasteiger charge is -2.26. The van der Waals surface area contributed by atoms with Gasteiger partial charge < -0.3 is 10.6 Å². The summed E-state index contributed by atoms with van der Waals surface area (Å²) in [6.45, 7) is 3.56. The molecule has 3 aromatic heterocycles. The van der Waals surface area contributed by atoms with Gasteiger partial charge in [0.1, 0.15) is 16.3 Å². The maximum atomic E-state index is 11.4. The Balaban J connectivity index is 1.52. The highest BCUT2D eigenvalue weighted by atomic mass is 32.1. The van der Waals surface area contributed by atoms with Gasteiger partial charge in [-0.25, -0.2) is 9.97 Å². The second-order valence-electron chi connectivity index (χ2n) is 5.80. The van der Waals surface area contributed by atoms with E-state index in [0.29, 0.717) is 18.9 Å². The van der Waals surface area contributed by atoms with Gasteiger partial charge in [-0.3, -0.25) is 14.7 Å². The molecule has 0 radical (unpaired) electrons. The second kappa shape index (κ2) is 7.12. The average Bonchev–Trinajstić information content (AvgIpc) is 3.11. The number of anilines is 1. The zero-order valence-corrected chi connectivity index (χ0v) is 14.4. The number of carbonyl (C=O) groups is 1. The van der Waals surface area contributed by atoms with E-state index in [1.165, 1.54) is 0 Å². The molecule has 0 saturated carbocycles. The highest BCUT2D eigenvalue weighted by molar-refractivity contribution is 7.16. The van der Waals surface area contributed by atoms with Crippen molar-refractivity contribution in [2.75, 3.05) is 38.0 Å². The van der Waals surface area contributed by atoms with Crippen molar-refractivity contribution in [2.24, 2.45) is 0 Å². The standard InChI is InChI=1S/C17H18N6OS/c24-14-11-23(8-6-19-14)9-7-20-15-12-4-10-25-17(12)22-16(21-15)13-3-1-2-5-18-13/h1-5,10H,6-9,11H2,(H,19,24)(H,20,21,22). The third-order valence-electron chi connectivity index (χ3n) is 4.06. The Morgan fingerprint density at radius 3 is 3.08 bits per heavy atom. The molecule has 7 nitrogen and oxygen atoms in total. The maximum absolute atomic E-state index is 11.4. The van der Waals surface area contributed by atoms with Crippen LogP contribution < -0.4 is 10.6 Å². The number of hydrogen-bond acceptors (Lipinski definition) is 7. The van der Waals surface area contributed by atoms with Crippen LogP contribution in [0.4, 0.5) is 5.82 Å². The molecule has 25 heavy (non-hydrogen) atoms. The van der Waals surface area contributed by atoms with Crippen molar-refractivity contribution in [2.45, 2.75) is 0 Å². The fourth-order valence-electron chi connectivity index (χ4n) is 2.81. The van der Waals surface area contributed by atoms with E-state index in [4.69, 9.17) is 0 Å². The number of thiophene rings is 1. The van der Waals surface area contributed by atoms with Crippen LogP contribution in [0.3, 0.4) is 0 Å². The van der Waals surface area contributed by atoms with E-state index in [9.17, 15) is 4.79 Å². The molecule has 3 aromatic rings. The molecule has 1 amide bonds.